The van der Waals surface area contributed by atoms with Crippen LogP contribution in [0, 0.1) is 0 Å². The van der Waals surface area contributed by atoms with E-state index in [9.17, 15) is 13.2 Å². The van der Waals surface area contributed by atoms with Gasteiger partial charge in [0.2, 0.25) is 0 Å². The summed E-state index contributed by atoms with van der Waals surface area (Å²) in [5, 5.41) is 8.88. The summed E-state index contributed by atoms with van der Waals surface area (Å²) < 4.78 is 37.5. The van der Waals surface area contributed by atoms with Gasteiger partial charge >= 0.3 is 6.18 Å². The number of para-hydroxylation sites is 1. The highest BCUT2D eigenvalue weighted by Gasteiger charge is 2.31. The van der Waals surface area contributed by atoms with Crippen molar-refractivity contribution in [3.8, 4) is 0 Å². The molecule has 0 radical (unpaired) electrons. The van der Waals surface area contributed by atoms with Crippen LogP contribution in [0.1, 0.15) is 18.5 Å². The van der Waals surface area contributed by atoms with Crippen molar-refractivity contribution < 1.29 is 18.3 Å². The zero-order valence-corrected chi connectivity index (χ0v) is 10.1. The maximum atomic E-state index is 12.5. The van der Waals surface area contributed by atoms with Crippen molar-refractivity contribution in [2.24, 2.45) is 5.73 Å². The summed E-state index contributed by atoms with van der Waals surface area (Å²) in [6.45, 7) is 0.188. The Morgan fingerprint density at radius 3 is 2.44 bits per heavy atom. The van der Waals surface area contributed by atoms with Gasteiger partial charge in [0.15, 0.2) is 0 Å². The molecule has 1 aromatic carbocycles. The van der Waals surface area contributed by atoms with E-state index in [1.165, 1.54) is 0 Å². The second kappa shape index (κ2) is 6.06. The molecule has 3 N–H and O–H groups in total. The summed E-state index contributed by atoms with van der Waals surface area (Å²) in [5.41, 5.74) is 6.79. The lowest BCUT2D eigenvalue weighted by Gasteiger charge is -2.28. The number of hydrogen-bond donors (Lipinski definition) is 2. The second-order valence-electron chi connectivity index (χ2n) is 4.11. The Hall–Kier alpha value is -1.27. The highest BCUT2D eigenvalue weighted by Crippen LogP contribution is 2.27. The average Bonchev–Trinajstić information content (AvgIpc) is 2.26. The molecule has 0 aromatic heterocycles. The first kappa shape index (κ1) is 14.8. The van der Waals surface area contributed by atoms with Crippen LogP contribution >= 0.6 is 0 Å². The molecular formula is C12H17F3N2O. The fourth-order valence-electron chi connectivity index (χ4n) is 1.78. The van der Waals surface area contributed by atoms with Gasteiger partial charge in [0.1, 0.15) is 6.54 Å². The molecule has 0 saturated carbocycles. The summed E-state index contributed by atoms with van der Waals surface area (Å²) in [5.74, 6) is 0. The number of aliphatic hydroxyl groups excluding tert-OH is 1. The Morgan fingerprint density at radius 1 is 1.33 bits per heavy atom. The molecule has 0 aliphatic rings. The molecule has 102 valence electrons. The van der Waals surface area contributed by atoms with Crippen LogP contribution in [0.15, 0.2) is 24.3 Å². The van der Waals surface area contributed by atoms with E-state index in [0.717, 1.165) is 4.90 Å². The molecular weight excluding hydrogens is 245 g/mol. The monoisotopic (exact) mass is 262 g/mol. The minimum atomic E-state index is -4.32. The summed E-state index contributed by atoms with van der Waals surface area (Å²) >= 11 is 0. The first-order valence-electron chi connectivity index (χ1n) is 5.62. The molecule has 1 unspecified atom stereocenters. The Labute approximate surface area is 104 Å². The summed E-state index contributed by atoms with van der Waals surface area (Å²) in [4.78, 5) is 1.10. The van der Waals surface area contributed by atoms with Crippen LogP contribution in [0.2, 0.25) is 0 Å². The lowest BCUT2D eigenvalue weighted by Crippen LogP contribution is -2.37. The average molecular weight is 262 g/mol. The van der Waals surface area contributed by atoms with E-state index in [1.54, 1.807) is 31.2 Å². The van der Waals surface area contributed by atoms with Crippen molar-refractivity contribution in [3.63, 3.8) is 0 Å². The topological polar surface area (TPSA) is 49.5 Å². The maximum Gasteiger partial charge on any atom is 0.405 e. The van der Waals surface area contributed by atoms with E-state index in [2.05, 4.69) is 0 Å². The third-order valence-electron chi connectivity index (χ3n) is 2.51. The minimum absolute atomic E-state index is 0.0801. The predicted molar refractivity (Wildman–Crippen MR) is 64.4 cm³/mol. The Morgan fingerprint density at radius 2 is 1.94 bits per heavy atom. The van der Waals surface area contributed by atoms with E-state index in [0.29, 0.717) is 11.3 Å². The number of aliphatic hydroxyl groups is 1. The highest BCUT2D eigenvalue weighted by atomic mass is 19.4. The van der Waals surface area contributed by atoms with Crippen LogP contribution in [0.25, 0.3) is 0 Å². The van der Waals surface area contributed by atoms with Gasteiger partial charge in [-0.1, -0.05) is 18.2 Å². The van der Waals surface area contributed by atoms with E-state index in [1.807, 2.05) is 0 Å². The molecule has 1 aromatic rings. The van der Waals surface area contributed by atoms with Crippen molar-refractivity contribution in [3.05, 3.63) is 29.8 Å². The fraction of sp³-hybridized carbons (Fsp3) is 0.500. The van der Waals surface area contributed by atoms with Crippen LogP contribution in [-0.2, 0) is 0 Å². The molecule has 0 spiro atoms. The SMILES string of the molecule is CC(N)c1ccccc1N(CCO)CC(F)(F)F. The van der Waals surface area contributed by atoms with Crippen molar-refractivity contribution in [2.75, 3.05) is 24.6 Å². The van der Waals surface area contributed by atoms with Crippen LogP contribution in [0.5, 0.6) is 0 Å². The molecule has 1 atom stereocenters. The Kier molecular flexibility index (Phi) is 4.98. The number of benzene rings is 1. The molecule has 0 heterocycles. The molecule has 0 aliphatic carbocycles. The summed E-state index contributed by atoms with van der Waals surface area (Å²) in [7, 11) is 0. The fourth-order valence-corrected chi connectivity index (χ4v) is 1.78. The third-order valence-corrected chi connectivity index (χ3v) is 2.51. The van der Waals surface area contributed by atoms with Crippen molar-refractivity contribution in [1.29, 1.82) is 0 Å². The first-order chi connectivity index (χ1) is 8.35. The molecule has 0 amide bonds. The van der Waals surface area contributed by atoms with Gasteiger partial charge in [-0.25, -0.2) is 0 Å². The van der Waals surface area contributed by atoms with Gasteiger partial charge in [0.25, 0.3) is 0 Å². The van der Waals surface area contributed by atoms with Gasteiger partial charge in [-0.2, -0.15) is 13.2 Å². The quantitative estimate of drug-likeness (QED) is 0.854. The Balaban J connectivity index is 3.05. The Bertz CT molecular complexity index is 380. The minimum Gasteiger partial charge on any atom is -0.395 e. The van der Waals surface area contributed by atoms with Gasteiger partial charge in [-0.05, 0) is 18.6 Å². The molecule has 6 heteroatoms. The van der Waals surface area contributed by atoms with E-state index in [4.69, 9.17) is 10.8 Å². The molecule has 1 rings (SSSR count). The van der Waals surface area contributed by atoms with Gasteiger partial charge in [0.05, 0.1) is 6.61 Å². The van der Waals surface area contributed by atoms with Gasteiger partial charge in [-0.15, -0.1) is 0 Å². The second-order valence-corrected chi connectivity index (χ2v) is 4.11. The maximum absolute atomic E-state index is 12.5. The first-order valence-corrected chi connectivity index (χ1v) is 5.62. The lowest BCUT2D eigenvalue weighted by molar-refractivity contribution is -0.119. The number of hydrogen-bond acceptors (Lipinski definition) is 3. The van der Waals surface area contributed by atoms with E-state index >= 15 is 0 Å². The number of anilines is 1. The van der Waals surface area contributed by atoms with E-state index < -0.39 is 12.7 Å². The van der Waals surface area contributed by atoms with Crippen molar-refractivity contribution in [2.45, 2.75) is 19.1 Å². The summed E-state index contributed by atoms with van der Waals surface area (Å²) in [6.07, 6.45) is -4.32. The number of rotatable bonds is 5. The molecule has 3 nitrogen and oxygen atoms in total. The van der Waals surface area contributed by atoms with E-state index in [-0.39, 0.29) is 19.2 Å². The number of halogens is 3. The lowest BCUT2D eigenvalue weighted by atomic mass is 10.1. The van der Waals surface area contributed by atoms with Crippen LogP contribution in [0.3, 0.4) is 0 Å². The molecule has 0 fully saturated rings. The number of nitrogens with zero attached hydrogens (tertiary/aromatic N) is 1. The van der Waals surface area contributed by atoms with Crippen LogP contribution in [-0.4, -0.2) is 31.0 Å². The standard InChI is InChI=1S/C12H17F3N2O/c1-9(16)10-4-2-3-5-11(10)17(6-7-18)8-12(13,14)15/h2-5,9,18H,6-8,16H2,1H3. The zero-order chi connectivity index (χ0) is 13.8. The number of alkyl halides is 3. The largest absolute Gasteiger partial charge is 0.405 e. The normalized spacial score (nSPS) is 13.4. The summed E-state index contributed by atoms with van der Waals surface area (Å²) in [6, 6.07) is 6.30. The van der Waals surface area contributed by atoms with Crippen LogP contribution in [0.4, 0.5) is 18.9 Å². The number of nitrogens with two attached hydrogens (primary N) is 1. The molecule has 0 aliphatic heterocycles. The van der Waals surface area contributed by atoms with Crippen molar-refractivity contribution in [1.82, 2.24) is 0 Å². The van der Waals surface area contributed by atoms with Gasteiger partial charge < -0.3 is 15.7 Å². The van der Waals surface area contributed by atoms with Gasteiger partial charge in [0, 0.05) is 18.3 Å². The molecule has 0 saturated heterocycles. The smallest absolute Gasteiger partial charge is 0.395 e. The molecule has 0 bridgehead atoms. The highest BCUT2D eigenvalue weighted by molar-refractivity contribution is 5.55. The van der Waals surface area contributed by atoms with Crippen molar-refractivity contribution >= 4 is 5.69 Å². The third kappa shape index (κ3) is 4.19. The predicted octanol–water partition coefficient (Wildman–Crippen LogP) is 2.07. The zero-order valence-electron chi connectivity index (χ0n) is 10.1. The molecule has 18 heavy (non-hydrogen) atoms. The van der Waals surface area contributed by atoms with Gasteiger partial charge in [-0.3, -0.25) is 0 Å². The van der Waals surface area contributed by atoms with Crippen LogP contribution < -0.4 is 10.6 Å².